The average molecular weight is 575 g/mol. The maximum atomic E-state index is 14.2. The standard InChI is InChI=1S/C32H54N4O5/c1-7-9-11-12-13-15-23-36(30(39)26(20-21-27(33)37)35-31(40)41-32(4,5)6)28(25-18-16-24(3)17-19-25)29(38)34-22-14-10-8-2/h16-19,26,28H,7-15,20-23H2,1-6H3,(H2,33,37)(H,34,38)(H,35,40). The predicted octanol–water partition coefficient (Wildman–Crippen LogP) is 5.69. The van der Waals surface area contributed by atoms with Crippen LogP contribution in [0.1, 0.15) is 122 Å². The molecule has 1 rings (SSSR count). The normalized spacial score (nSPS) is 12.7. The number of primary amides is 1. The molecular formula is C32H54N4O5. The van der Waals surface area contributed by atoms with Crippen molar-refractivity contribution in [2.75, 3.05) is 13.1 Å². The Kier molecular flexibility index (Phi) is 16.7. The molecule has 0 heterocycles. The van der Waals surface area contributed by atoms with Gasteiger partial charge in [-0.2, -0.15) is 0 Å². The first kappa shape index (κ1) is 35.9. The number of carbonyl (C=O) groups is 4. The second-order valence-corrected chi connectivity index (χ2v) is 11.8. The van der Waals surface area contributed by atoms with Gasteiger partial charge in [0.2, 0.25) is 17.7 Å². The number of nitrogens with two attached hydrogens (primary N) is 1. The van der Waals surface area contributed by atoms with Gasteiger partial charge in [-0.05, 0) is 52.5 Å². The number of carbonyl (C=O) groups excluding carboxylic acids is 4. The zero-order valence-electron chi connectivity index (χ0n) is 26.2. The Balaban J connectivity index is 3.41. The molecule has 4 N–H and O–H groups in total. The first-order valence-electron chi connectivity index (χ1n) is 15.3. The summed E-state index contributed by atoms with van der Waals surface area (Å²) >= 11 is 0. The number of ether oxygens (including phenoxy) is 1. The molecule has 2 unspecified atom stereocenters. The summed E-state index contributed by atoms with van der Waals surface area (Å²) in [6.45, 7) is 12.3. The Bertz CT molecular complexity index is 942. The summed E-state index contributed by atoms with van der Waals surface area (Å²) in [5, 5.41) is 5.68. The van der Waals surface area contributed by atoms with E-state index >= 15 is 0 Å². The van der Waals surface area contributed by atoms with Gasteiger partial charge in [-0.3, -0.25) is 14.4 Å². The fourth-order valence-electron chi connectivity index (χ4n) is 4.53. The molecule has 0 saturated heterocycles. The molecule has 0 aromatic heterocycles. The number of hydrogen-bond acceptors (Lipinski definition) is 5. The smallest absolute Gasteiger partial charge is 0.408 e. The molecule has 0 aliphatic rings. The molecule has 0 radical (unpaired) electrons. The van der Waals surface area contributed by atoms with Crippen molar-refractivity contribution in [1.29, 1.82) is 0 Å². The molecule has 1 aromatic rings. The van der Waals surface area contributed by atoms with Crippen molar-refractivity contribution in [2.45, 2.75) is 130 Å². The maximum absolute atomic E-state index is 14.2. The Morgan fingerprint density at radius 1 is 0.902 bits per heavy atom. The lowest BCUT2D eigenvalue weighted by Gasteiger charge is -2.34. The van der Waals surface area contributed by atoms with Gasteiger partial charge < -0.3 is 26.0 Å². The largest absolute Gasteiger partial charge is 0.444 e. The molecule has 0 bridgehead atoms. The van der Waals surface area contributed by atoms with Gasteiger partial charge in [-0.15, -0.1) is 0 Å². The third-order valence-corrected chi connectivity index (χ3v) is 6.74. The predicted molar refractivity (Wildman–Crippen MR) is 163 cm³/mol. The van der Waals surface area contributed by atoms with Gasteiger partial charge in [0.15, 0.2) is 0 Å². The van der Waals surface area contributed by atoms with Crippen LogP contribution in [0.3, 0.4) is 0 Å². The number of unbranched alkanes of at least 4 members (excludes halogenated alkanes) is 7. The number of benzene rings is 1. The minimum atomic E-state index is -1.08. The Labute approximate surface area is 247 Å². The summed E-state index contributed by atoms with van der Waals surface area (Å²) in [5.41, 5.74) is 6.36. The van der Waals surface area contributed by atoms with Crippen LogP contribution in [0.5, 0.6) is 0 Å². The number of hydrogen-bond donors (Lipinski definition) is 3. The average Bonchev–Trinajstić information content (AvgIpc) is 2.89. The van der Waals surface area contributed by atoms with Crippen molar-refractivity contribution in [1.82, 2.24) is 15.5 Å². The lowest BCUT2D eigenvalue weighted by atomic mass is 9.99. The SMILES string of the molecule is CCCCCCCCN(C(=O)C(CCC(N)=O)NC(=O)OC(C)(C)C)C(C(=O)NCCCCC)c1ccc(C)cc1. The first-order chi connectivity index (χ1) is 19.4. The van der Waals surface area contributed by atoms with Gasteiger partial charge in [-0.25, -0.2) is 4.79 Å². The van der Waals surface area contributed by atoms with Crippen molar-refractivity contribution < 1.29 is 23.9 Å². The molecule has 2 atom stereocenters. The Morgan fingerprint density at radius 3 is 2.07 bits per heavy atom. The number of rotatable bonds is 19. The van der Waals surface area contributed by atoms with Crippen LogP contribution >= 0.6 is 0 Å². The van der Waals surface area contributed by atoms with E-state index in [1.807, 2.05) is 31.2 Å². The van der Waals surface area contributed by atoms with Gasteiger partial charge in [0.25, 0.3) is 0 Å². The van der Waals surface area contributed by atoms with Crippen molar-refractivity contribution in [3.05, 3.63) is 35.4 Å². The van der Waals surface area contributed by atoms with Crippen molar-refractivity contribution >= 4 is 23.8 Å². The molecule has 0 aliphatic heterocycles. The van der Waals surface area contributed by atoms with E-state index in [9.17, 15) is 19.2 Å². The Hall–Kier alpha value is -3.10. The third kappa shape index (κ3) is 14.9. The summed E-state index contributed by atoms with van der Waals surface area (Å²) in [6.07, 6.45) is 8.05. The van der Waals surface area contributed by atoms with Crippen molar-refractivity contribution in [3.63, 3.8) is 0 Å². The minimum Gasteiger partial charge on any atom is -0.444 e. The van der Waals surface area contributed by atoms with Crippen LogP contribution in [0.2, 0.25) is 0 Å². The molecule has 232 valence electrons. The van der Waals surface area contributed by atoms with E-state index < -0.39 is 35.6 Å². The van der Waals surface area contributed by atoms with Crippen molar-refractivity contribution in [3.8, 4) is 0 Å². The summed E-state index contributed by atoms with van der Waals surface area (Å²) in [5.74, 6) is -1.30. The van der Waals surface area contributed by atoms with Crippen LogP contribution < -0.4 is 16.4 Å². The monoisotopic (exact) mass is 574 g/mol. The van der Waals surface area contributed by atoms with E-state index in [0.717, 1.165) is 56.9 Å². The van der Waals surface area contributed by atoms with Crippen LogP contribution in [0.15, 0.2) is 24.3 Å². The molecule has 1 aromatic carbocycles. The molecule has 9 nitrogen and oxygen atoms in total. The second-order valence-electron chi connectivity index (χ2n) is 11.8. The molecular weight excluding hydrogens is 520 g/mol. The van der Waals surface area contributed by atoms with E-state index in [0.29, 0.717) is 25.1 Å². The van der Waals surface area contributed by atoms with Gasteiger partial charge in [0.05, 0.1) is 0 Å². The highest BCUT2D eigenvalue weighted by atomic mass is 16.6. The summed E-state index contributed by atoms with van der Waals surface area (Å²) in [7, 11) is 0. The second kappa shape index (κ2) is 19.1. The zero-order chi connectivity index (χ0) is 30.8. The Morgan fingerprint density at radius 2 is 1.49 bits per heavy atom. The lowest BCUT2D eigenvalue weighted by Crippen LogP contribution is -2.53. The van der Waals surface area contributed by atoms with Crippen LogP contribution in [0.25, 0.3) is 0 Å². The molecule has 0 aliphatic carbocycles. The highest BCUT2D eigenvalue weighted by molar-refractivity contribution is 5.92. The van der Waals surface area contributed by atoms with Crippen LogP contribution in [-0.2, 0) is 19.1 Å². The number of aryl methyl sites for hydroxylation is 1. The van der Waals surface area contributed by atoms with E-state index in [2.05, 4.69) is 24.5 Å². The number of nitrogens with one attached hydrogen (secondary N) is 2. The minimum absolute atomic E-state index is 0.000847. The molecule has 0 spiro atoms. The summed E-state index contributed by atoms with van der Waals surface area (Å²) in [4.78, 5) is 53.9. The first-order valence-corrected chi connectivity index (χ1v) is 15.3. The van der Waals surface area contributed by atoms with Crippen molar-refractivity contribution in [2.24, 2.45) is 5.73 Å². The quantitative estimate of drug-likeness (QED) is 0.183. The highest BCUT2D eigenvalue weighted by Crippen LogP contribution is 2.25. The van der Waals surface area contributed by atoms with E-state index in [4.69, 9.17) is 10.5 Å². The molecule has 0 saturated carbocycles. The number of alkyl carbamates (subject to hydrolysis) is 1. The van der Waals surface area contributed by atoms with Crippen LogP contribution in [-0.4, -0.2) is 53.4 Å². The lowest BCUT2D eigenvalue weighted by molar-refractivity contribution is -0.142. The van der Waals surface area contributed by atoms with Crippen LogP contribution in [0.4, 0.5) is 4.79 Å². The fourth-order valence-corrected chi connectivity index (χ4v) is 4.53. The van der Waals surface area contributed by atoms with Gasteiger partial charge in [0, 0.05) is 19.5 Å². The van der Waals surface area contributed by atoms with Gasteiger partial charge >= 0.3 is 6.09 Å². The molecule has 0 fully saturated rings. The number of nitrogens with zero attached hydrogens (tertiary/aromatic N) is 1. The summed E-state index contributed by atoms with van der Waals surface area (Å²) in [6, 6.07) is 5.60. The van der Waals surface area contributed by atoms with E-state index in [1.54, 1.807) is 25.7 Å². The third-order valence-electron chi connectivity index (χ3n) is 6.74. The maximum Gasteiger partial charge on any atom is 0.408 e. The fraction of sp³-hybridized carbons (Fsp3) is 0.688. The highest BCUT2D eigenvalue weighted by Gasteiger charge is 2.36. The van der Waals surface area contributed by atoms with Gasteiger partial charge in [-0.1, -0.05) is 88.6 Å². The van der Waals surface area contributed by atoms with E-state index in [1.165, 1.54) is 0 Å². The topological polar surface area (TPSA) is 131 Å². The van der Waals surface area contributed by atoms with E-state index in [-0.39, 0.29) is 18.7 Å². The summed E-state index contributed by atoms with van der Waals surface area (Å²) < 4.78 is 5.41. The molecule has 9 heteroatoms. The molecule has 4 amide bonds. The number of amides is 4. The van der Waals surface area contributed by atoms with Gasteiger partial charge in [0.1, 0.15) is 17.7 Å². The molecule has 41 heavy (non-hydrogen) atoms. The van der Waals surface area contributed by atoms with Crippen LogP contribution in [0, 0.1) is 6.92 Å². The zero-order valence-corrected chi connectivity index (χ0v) is 26.2.